The zero-order valence-corrected chi connectivity index (χ0v) is 16.4. The number of hydrogen-bond donors (Lipinski definition) is 0. The Bertz CT molecular complexity index is 823. The molecule has 28 heavy (non-hydrogen) atoms. The number of ether oxygens (including phenoxy) is 1. The molecule has 3 rings (SSSR count). The van der Waals surface area contributed by atoms with Crippen molar-refractivity contribution in [1.82, 2.24) is 4.90 Å². The van der Waals surface area contributed by atoms with E-state index >= 15 is 0 Å². The van der Waals surface area contributed by atoms with Gasteiger partial charge in [0.2, 0.25) is 0 Å². The number of nitrogens with zero attached hydrogens (tertiary/aromatic N) is 2. The predicted octanol–water partition coefficient (Wildman–Crippen LogP) is 5.00. The summed E-state index contributed by atoms with van der Waals surface area (Å²) in [5, 5.41) is 0. The Kier molecular flexibility index (Phi) is 6.82. The van der Waals surface area contributed by atoms with Crippen molar-refractivity contribution in [3.63, 3.8) is 0 Å². The van der Waals surface area contributed by atoms with E-state index in [9.17, 15) is 4.79 Å². The van der Waals surface area contributed by atoms with Crippen molar-refractivity contribution >= 4 is 17.3 Å². The third-order valence-electron chi connectivity index (χ3n) is 4.35. The van der Waals surface area contributed by atoms with Crippen molar-refractivity contribution in [2.75, 3.05) is 32.1 Å². The van der Waals surface area contributed by atoms with Gasteiger partial charge in [0.25, 0.3) is 5.91 Å². The Balaban J connectivity index is 1.76. The zero-order chi connectivity index (χ0) is 19.8. The van der Waals surface area contributed by atoms with Gasteiger partial charge in [0.05, 0.1) is 6.61 Å². The van der Waals surface area contributed by atoms with Gasteiger partial charge in [-0.2, -0.15) is 0 Å². The third kappa shape index (κ3) is 5.21. The van der Waals surface area contributed by atoms with Gasteiger partial charge in [-0.05, 0) is 69.0 Å². The van der Waals surface area contributed by atoms with E-state index in [1.165, 1.54) is 0 Å². The van der Waals surface area contributed by atoms with Crippen LogP contribution >= 0.6 is 0 Å². The molecule has 0 saturated carbocycles. The zero-order valence-electron chi connectivity index (χ0n) is 16.4. The van der Waals surface area contributed by atoms with Gasteiger partial charge in [0.1, 0.15) is 5.75 Å². The molecule has 144 valence electrons. The number of hydrogen-bond acceptors (Lipinski definition) is 3. The smallest absolute Gasteiger partial charge is 0.262 e. The number of amides is 1. The van der Waals surface area contributed by atoms with Gasteiger partial charge < -0.3 is 9.64 Å². The van der Waals surface area contributed by atoms with Crippen LogP contribution in [0.25, 0.3) is 0 Å². The van der Waals surface area contributed by atoms with Crippen molar-refractivity contribution in [1.29, 1.82) is 0 Å². The molecule has 0 bridgehead atoms. The number of rotatable bonds is 8. The third-order valence-corrected chi connectivity index (χ3v) is 4.35. The Morgan fingerprint density at radius 1 is 0.786 bits per heavy atom. The van der Waals surface area contributed by atoms with E-state index in [1.807, 2.05) is 99.0 Å². The van der Waals surface area contributed by atoms with E-state index in [0.717, 1.165) is 30.1 Å². The molecular weight excluding hydrogens is 348 g/mol. The summed E-state index contributed by atoms with van der Waals surface area (Å²) in [4.78, 5) is 17.1. The molecular formula is C24H26N2O2. The van der Waals surface area contributed by atoms with Gasteiger partial charge in [0.15, 0.2) is 0 Å². The Labute approximate surface area is 167 Å². The van der Waals surface area contributed by atoms with E-state index in [2.05, 4.69) is 4.90 Å². The summed E-state index contributed by atoms with van der Waals surface area (Å²) in [6, 6.07) is 26.7. The van der Waals surface area contributed by atoms with Crippen molar-refractivity contribution < 1.29 is 9.53 Å². The fourth-order valence-corrected chi connectivity index (χ4v) is 2.93. The van der Waals surface area contributed by atoms with Crippen LogP contribution in [0.3, 0.4) is 0 Å². The van der Waals surface area contributed by atoms with Crippen LogP contribution in [0.4, 0.5) is 11.4 Å². The maximum atomic E-state index is 13.3. The first-order valence-corrected chi connectivity index (χ1v) is 9.47. The van der Waals surface area contributed by atoms with E-state index in [4.69, 9.17) is 4.74 Å². The van der Waals surface area contributed by atoms with Gasteiger partial charge in [-0.3, -0.25) is 9.69 Å². The maximum Gasteiger partial charge on any atom is 0.262 e. The molecule has 0 N–H and O–H groups in total. The Morgan fingerprint density at radius 3 is 1.82 bits per heavy atom. The molecule has 0 heterocycles. The minimum atomic E-state index is -0.0726. The average molecular weight is 374 g/mol. The van der Waals surface area contributed by atoms with Crippen LogP contribution in [-0.4, -0.2) is 38.1 Å². The molecule has 3 aromatic carbocycles. The second-order valence-electron chi connectivity index (χ2n) is 6.84. The molecule has 0 aliphatic heterocycles. The summed E-state index contributed by atoms with van der Waals surface area (Å²) in [6.07, 6.45) is 0.962. The largest absolute Gasteiger partial charge is 0.494 e. The number of anilines is 2. The van der Waals surface area contributed by atoms with Crippen LogP contribution in [0.2, 0.25) is 0 Å². The summed E-state index contributed by atoms with van der Waals surface area (Å²) in [5.41, 5.74) is 2.29. The van der Waals surface area contributed by atoms with Crippen LogP contribution in [0.15, 0.2) is 84.9 Å². The number of carbonyl (C=O) groups excluding carboxylic acids is 1. The second kappa shape index (κ2) is 9.72. The summed E-state index contributed by atoms with van der Waals surface area (Å²) < 4.78 is 5.77. The van der Waals surface area contributed by atoms with E-state index in [0.29, 0.717) is 12.2 Å². The molecule has 4 nitrogen and oxygen atoms in total. The fourth-order valence-electron chi connectivity index (χ4n) is 2.93. The lowest BCUT2D eigenvalue weighted by Gasteiger charge is -2.23. The maximum absolute atomic E-state index is 13.3. The highest BCUT2D eigenvalue weighted by molar-refractivity contribution is 6.10. The van der Waals surface area contributed by atoms with Gasteiger partial charge in [-0.1, -0.05) is 36.4 Å². The monoisotopic (exact) mass is 374 g/mol. The molecule has 0 saturated heterocycles. The number of benzene rings is 3. The quantitative estimate of drug-likeness (QED) is 0.521. The Morgan fingerprint density at radius 2 is 1.32 bits per heavy atom. The first-order valence-electron chi connectivity index (χ1n) is 9.47. The number of carbonyl (C=O) groups is 1. The standard InChI is InChI=1S/C24H26N2O2/c1-25(2)18-9-19-28-23-16-14-20(15-17-23)24(27)26(21-10-5-3-6-11-21)22-12-7-4-8-13-22/h3-8,10-17H,9,18-19H2,1-2H3. The first-order chi connectivity index (χ1) is 13.6. The van der Waals surface area contributed by atoms with Crippen molar-refractivity contribution in [2.45, 2.75) is 6.42 Å². The lowest BCUT2D eigenvalue weighted by molar-refractivity contribution is 0.0999. The summed E-state index contributed by atoms with van der Waals surface area (Å²) in [7, 11) is 4.09. The van der Waals surface area contributed by atoms with Gasteiger partial charge >= 0.3 is 0 Å². The molecule has 1 amide bonds. The SMILES string of the molecule is CN(C)CCCOc1ccc(C(=O)N(c2ccccc2)c2ccccc2)cc1. The highest BCUT2D eigenvalue weighted by Gasteiger charge is 2.19. The molecule has 0 aromatic heterocycles. The van der Waals surface area contributed by atoms with Crippen LogP contribution < -0.4 is 9.64 Å². The lowest BCUT2D eigenvalue weighted by Crippen LogP contribution is -2.25. The van der Waals surface area contributed by atoms with Gasteiger partial charge in [-0.25, -0.2) is 0 Å². The molecule has 3 aromatic rings. The average Bonchev–Trinajstić information content (AvgIpc) is 2.73. The molecule has 0 radical (unpaired) electrons. The highest BCUT2D eigenvalue weighted by Crippen LogP contribution is 2.27. The van der Waals surface area contributed by atoms with E-state index < -0.39 is 0 Å². The lowest BCUT2D eigenvalue weighted by atomic mass is 10.1. The normalized spacial score (nSPS) is 10.7. The summed E-state index contributed by atoms with van der Waals surface area (Å²) >= 11 is 0. The minimum absolute atomic E-state index is 0.0726. The fraction of sp³-hybridized carbons (Fsp3) is 0.208. The van der Waals surface area contributed by atoms with Crippen LogP contribution in [0.1, 0.15) is 16.8 Å². The first kappa shape index (κ1) is 19.6. The van der Waals surface area contributed by atoms with Crippen molar-refractivity contribution in [3.05, 3.63) is 90.5 Å². The molecule has 4 heteroatoms. The van der Waals surface area contributed by atoms with Crippen LogP contribution in [-0.2, 0) is 0 Å². The molecule has 0 aliphatic carbocycles. The summed E-state index contributed by atoms with van der Waals surface area (Å²) in [5.74, 6) is 0.706. The van der Waals surface area contributed by atoms with Gasteiger partial charge in [-0.15, -0.1) is 0 Å². The second-order valence-corrected chi connectivity index (χ2v) is 6.84. The predicted molar refractivity (Wildman–Crippen MR) is 114 cm³/mol. The molecule has 0 unspecified atom stereocenters. The highest BCUT2D eigenvalue weighted by atomic mass is 16.5. The Hall–Kier alpha value is -3.11. The van der Waals surface area contributed by atoms with Crippen LogP contribution in [0.5, 0.6) is 5.75 Å². The van der Waals surface area contributed by atoms with E-state index in [1.54, 1.807) is 4.90 Å². The minimum Gasteiger partial charge on any atom is -0.494 e. The molecule has 0 atom stereocenters. The van der Waals surface area contributed by atoms with Gasteiger partial charge in [0, 0.05) is 23.5 Å². The van der Waals surface area contributed by atoms with Crippen LogP contribution in [0, 0.1) is 0 Å². The molecule has 0 fully saturated rings. The number of para-hydroxylation sites is 2. The molecule has 0 spiro atoms. The van der Waals surface area contributed by atoms with E-state index in [-0.39, 0.29) is 5.91 Å². The summed E-state index contributed by atoms with van der Waals surface area (Å²) in [6.45, 7) is 1.64. The topological polar surface area (TPSA) is 32.8 Å². The molecule has 0 aliphatic rings. The van der Waals surface area contributed by atoms with Crippen molar-refractivity contribution in [3.8, 4) is 5.75 Å². The van der Waals surface area contributed by atoms with Crippen molar-refractivity contribution in [2.24, 2.45) is 0 Å².